The molecular formula is C29H36ClN5O5S2. The number of carbonyl (C=O) groups is 1. The summed E-state index contributed by atoms with van der Waals surface area (Å²) in [6, 6.07) is 11.8. The van der Waals surface area contributed by atoms with Gasteiger partial charge in [-0.15, -0.1) is 0 Å². The fraction of sp³-hybridized carbons (Fsp3) is 0.414. The highest BCUT2D eigenvalue weighted by Crippen LogP contribution is 2.33. The number of halogens is 1. The van der Waals surface area contributed by atoms with Gasteiger partial charge in [0.25, 0.3) is 0 Å². The molecule has 1 fully saturated rings. The van der Waals surface area contributed by atoms with Crippen LogP contribution in [0.1, 0.15) is 30.9 Å². The lowest BCUT2D eigenvalue weighted by atomic mass is 10.1. The predicted octanol–water partition coefficient (Wildman–Crippen LogP) is 4.03. The molecule has 226 valence electrons. The summed E-state index contributed by atoms with van der Waals surface area (Å²) in [4.78, 5) is 19.1. The number of likely N-dealkylation sites (tertiary alicyclic amines) is 1. The van der Waals surface area contributed by atoms with E-state index in [4.69, 9.17) is 32.2 Å². The second kappa shape index (κ2) is 14.8. The van der Waals surface area contributed by atoms with Crippen molar-refractivity contribution >= 4 is 62.8 Å². The van der Waals surface area contributed by atoms with Crippen LogP contribution in [-0.4, -0.2) is 87.1 Å². The minimum absolute atomic E-state index is 0.0150. The average molecular weight is 634 g/mol. The Morgan fingerprint density at radius 3 is 2.71 bits per heavy atom. The van der Waals surface area contributed by atoms with E-state index >= 15 is 0 Å². The number of benzene rings is 2. The van der Waals surface area contributed by atoms with Gasteiger partial charge in [0.05, 0.1) is 36.2 Å². The zero-order valence-electron chi connectivity index (χ0n) is 23.5. The molecule has 3 N–H and O–H groups in total. The highest BCUT2D eigenvalue weighted by Gasteiger charge is 2.28. The number of esters is 1. The van der Waals surface area contributed by atoms with Gasteiger partial charge in [0.15, 0.2) is 5.75 Å². The third-order valence-corrected chi connectivity index (χ3v) is 9.65. The number of hydrogen-bond acceptors (Lipinski definition) is 9. The molecule has 0 atom stereocenters. The molecule has 0 spiro atoms. The average Bonchev–Trinajstić information content (AvgIpc) is 2.97. The zero-order valence-corrected chi connectivity index (χ0v) is 25.9. The molecule has 2 aliphatic rings. The van der Waals surface area contributed by atoms with Gasteiger partial charge in [-0.2, -0.15) is 11.8 Å². The van der Waals surface area contributed by atoms with Crippen molar-refractivity contribution in [3.8, 4) is 5.75 Å². The molecule has 1 saturated heterocycles. The summed E-state index contributed by atoms with van der Waals surface area (Å²) in [5.74, 6) is 1.95. The summed E-state index contributed by atoms with van der Waals surface area (Å²) in [6.07, 6.45) is 5.03. The maximum Gasteiger partial charge on any atom is 0.323 e. The zero-order chi connectivity index (χ0) is 30.1. The van der Waals surface area contributed by atoms with Crippen molar-refractivity contribution in [3.63, 3.8) is 0 Å². The van der Waals surface area contributed by atoms with Gasteiger partial charge < -0.3 is 20.1 Å². The van der Waals surface area contributed by atoms with Crippen LogP contribution >= 0.6 is 23.4 Å². The number of sulfonamides is 1. The van der Waals surface area contributed by atoms with Crippen LogP contribution in [0.2, 0.25) is 5.02 Å². The number of anilines is 1. The number of nitrogens with two attached hydrogens (primary N) is 1. The Bertz CT molecular complexity index is 1440. The molecular weight excluding hydrogens is 598 g/mol. The van der Waals surface area contributed by atoms with E-state index in [1.165, 1.54) is 6.07 Å². The topological polar surface area (TPSA) is 138 Å². The number of piperidine rings is 1. The van der Waals surface area contributed by atoms with Crippen LogP contribution in [0.15, 0.2) is 53.5 Å². The Kier molecular flexibility index (Phi) is 11.2. The number of nitrogens with one attached hydrogen (secondary N) is 1. The summed E-state index contributed by atoms with van der Waals surface area (Å²) in [5, 5.41) is 7.91. The van der Waals surface area contributed by atoms with Crippen LogP contribution in [0.4, 0.5) is 5.69 Å². The first-order valence-corrected chi connectivity index (χ1v) is 16.9. The fourth-order valence-electron chi connectivity index (χ4n) is 4.69. The Hall–Kier alpha value is -3.22. The molecule has 0 amide bonds. The van der Waals surface area contributed by atoms with Gasteiger partial charge in [-0.1, -0.05) is 42.0 Å². The Morgan fingerprint density at radius 2 is 2.05 bits per heavy atom. The van der Waals surface area contributed by atoms with Crippen LogP contribution in [-0.2, 0) is 19.6 Å². The normalized spacial score (nSPS) is 16.2. The smallest absolute Gasteiger partial charge is 0.323 e. The predicted molar refractivity (Wildman–Crippen MR) is 171 cm³/mol. The molecule has 0 bridgehead atoms. The van der Waals surface area contributed by atoms with E-state index in [1.807, 2.05) is 17.8 Å². The number of carbonyl (C=O) groups excluding carboxylic acids is 1. The monoisotopic (exact) mass is 633 g/mol. The number of ether oxygens (including phenoxy) is 2. The summed E-state index contributed by atoms with van der Waals surface area (Å²) in [7, 11) is -4.11. The first-order chi connectivity index (χ1) is 20.2. The first kappa shape index (κ1) is 31.7. The lowest BCUT2D eigenvalue weighted by Crippen LogP contribution is -2.43. The van der Waals surface area contributed by atoms with E-state index in [0.29, 0.717) is 17.0 Å². The summed E-state index contributed by atoms with van der Waals surface area (Å²) in [6.45, 7) is 4.22. The van der Waals surface area contributed by atoms with Gasteiger partial charge in [0.2, 0.25) is 10.0 Å². The van der Waals surface area contributed by atoms with Gasteiger partial charge in [-0.3, -0.25) is 19.5 Å². The standard InChI is InChI=1S/C29H36ClN5O5S2/c1-2-39-28(36)20-42(37,38)35(13-4-6-21-5-3-7-22(17-21)29(31)32)23-8-9-26(25(30)18-23)40-24-10-14-34(15-11-24)27-19-41-16-12-33-27/h3-9,17-18,24H,2,10-16,19-20H2,1H3,(H3,31,32). The fourth-order valence-corrected chi connectivity index (χ4v) is 7.02. The molecule has 0 unspecified atom stereocenters. The van der Waals surface area contributed by atoms with Gasteiger partial charge in [-0.05, 0) is 36.8 Å². The van der Waals surface area contributed by atoms with Gasteiger partial charge in [-0.25, -0.2) is 8.42 Å². The SMILES string of the molecule is CCOC(=O)CS(=O)(=O)N(CC=Cc1cccc(C(=N)N)c1)c1ccc(OC2CCN(C3=NCCSC3)CC2)c(Cl)c1. The van der Waals surface area contributed by atoms with Gasteiger partial charge >= 0.3 is 5.97 Å². The molecule has 0 saturated carbocycles. The van der Waals surface area contributed by atoms with E-state index in [0.717, 1.165) is 59.7 Å². The Balaban J connectivity index is 1.48. The highest BCUT2D eigenvalue weighted by molar-refractivity contribution is 8.00. The minimum atomic E-state index is -4.11. The van der Waals surface area contributed by atoms with Crippen molar-refractivity contribution in [2.45, 2.75) is 25.9 Å². The molecule has 13 heteroatoms. The number of aliphatic imine (C=N–C) groups is 1. The third kappa shape index (κ3) is 8.65. The molecule has 10 nitrogen and oxygen atoms in total. The first-order valence-electron chi connectivity index (χ1n) is 13.8. The van der Waals surface area contributed by atoms with Crippen LogP contribution in [0.5, 0.6) is 5.75 Å². The third-order valence-electron chi connectivity index (χ3n) is 6.79. The van der Waals surface area contributed by atoms with Crippen molar-refractivity contribution in [1.82, 2.24) is 4.90 Å². The lowest BCUT2D eigenvalue weighted by Gasteiger charge is -2.35. The number of amidine groups is 2. The maximum absolute atomic E-state index is 13.3. The van der Waals surface area contributed by atoms with Crippen LogP contribution in [0.25, 0.3) is 6.08 Å². The van der Waals surface area contributed by atoms with Crippen molar-refractivity contribution in [2.75, 3.05) is 54.3 Å². The molecule has 0 aliphatic carbocycles. The molecule has 42 heavy (non-hydrogen) atoms. The quantitative estimate of drug-likeness (QED) is 0.215. The number of nitrogens with zero attached hydrogens (tertiary/aromatic N) is 3. The van der Waals surface area contributed by atoms with E-state index in [-0.39, 0.29) is 30.1 Å². The number of rotatable bonds is 11. The van der Waals surface area contributed by atoms with Gasteiger partial charge in [0, 0.05) is 37.2 Å². The summed E-state index contributed by atoms with van der Waals surface area (Å²) < 4.78 is 38.9. The summed E-state index contributed by atoms with van der Waals surface area (Å²) >= 11 is 8.51. The molecule has 2 heterocycles. The molecule has 0 aromatic heterocycles. The Morgan fingerprint density at radius 1 is 1.26 bits per heavy atom. The maximum atomic E-state index is 13.3. The lowest BCUT2D eigenvalue weighted by molar-refractivity contribution is -0.139. The van der Waals surface area contributed by atoms with Crippen molar-refractivity contribution in [3.05, 3.63) is 64.7 Å². The minimum Gasteiger partial charge on any atom is -0.489 e. The van der Waals surface area contributed by atoms with Crippen LogP contribution in [0, 0.1) is 5.41 Å². The molecule has 2 aromatic carbocycles. The van der Waals surface area contributed by atoms with E-state index in [9.17, 15) is 13.2 Å². The van der Waals surface area contributed by atoms with E-state index in [1.54, 1.807) is 49.4 Å². The van der Waals surface area contributed by atoms with Crippen LogP contribution in [0.3, 0.4) is 0 Å². The number of hydrogen-bond donors (Lipinski definition) is 2. The van der Waals surface area contributed by atoms with Crippen LogP contribution < -0.4 is 14.8 Å². The molecule has 2 aliphatic heterocycles. The van der Waals surface area contributed by atoms with E-state index in [2.05, 4.69) is 9.89 Å². The Labute approximate surface area is 256 Å². The van der Waals surface area contributed by atoms with Crippen molar-refractivity contribution in [2.24, 2.45) is 10.7 Å². The largest absolute Gasteiger partial charge is 0.489 e. The molecule has 2 aromatic rings. The highest BCUT2D eigenvalue weighted by atomic mass is 35.5. The number of nitrogen functional groups attached to an aromatic ring is 1. The van der Waals surface area contributed by atoms with E-state index < -0.39 is 21.7 Å². The molecule has 0 radical (unpaired) electrons. The van der Waals surface area contributed by atoms with Crippen molar-refractivity contribution in [1.29, 1.82) is 5.41 Å². The second-order valence-electron chi connectivity index (χ2n) is 9.80. The number of thioether (sulfide) groups is 1. The summed E-state index contributed by atoms with van der Waals surface area (Å²) in [5.41, 5.74) is 7.17. The molecule has 4 rings (SSSR count). The van der Waals surface area contributed by atoms with Gasteiger partial charge in [0.1, 0.15) is 23.5 Å². The second-order valence-corrected chi connectivity index (χ2v) is 13.2. The van der Waals surface area contributed by atoms with Crippen molar-refractivity contribution < 1.29 is 22.7 Å².